The van der Waals surface area contributed by atoms with Gasteiger partial charge in [-0.2, -0.15) is 0 Å². The maximum absolute atomic E-state index is 12.0. The minimum absolute atomic E-state index is 0.137. The van der Waals surface area contributed by atoms with Gasteiger partial charge in [-0.15, -0.1) is 0 Å². The number of nitrogens with two attached hydrogens (primary N) is 1. The number of carboxylic acid groups (broad SMARTS) is 1. The molecule has 0 unspecified atom stereocenters. The SMILES string of the molecule is NC(=O)COc1ccccc1C(=O)NCCCCCC(=O)O. The van der Waals surface area contributed by atoms with Gasteiger partial charge in [0.25, 0.3) is 11.8 Å². The molecule has 0 aromatic heterocycles. The summed E-state index contributed by atoms with van der Waals surface area (Å²) in [7, 11) is 0. The molecule has 1 aromatic rings. The summed E-state index contributed by atoms with van der Waals surface area (Å²) in [5.74, 6) is -1.44. The molecule has 7 nitrogen and oxygen atoms in total. The monoisotopic (exact) mass is 308 g/mol. The van der Waals surface area contributed by atoms with E-state index in [9.17, 15) is 14.4 Å². The van der Waals surface area contributed by atoms with Crippen molar-refractivity contribution in [2.24, 2.45) is 5.73 Å². The zero-order valence-corrected chi connectivity index (χ0v) is 12.2. The molecule has 0 aliphatic heterocycles. The Labute approximate surface area is 128 Å². The van der Waals surface area contributed by atoms with Crippen molar-refractivity contribution in [3.8, 4) is 5.75 Å². The van der Waals surface area contributed by atoms with Crippen LogP contribution in [-0.4, -0.2) is 36.0 Å². The molecule has 22 heavy (non-hydrogen) atoms. The molecule has 0 bridgehead atoms. The maximum Gasteiger partial charge on any atom is 0.303 e. The molecule has 0 saturated carbocycles. The fourth-order valence-corrected chi connectivity index (χ4v) is 1.80. The first-order chi connectivity index (χ1) is 10.5. The van der Waals surface area contributed by atoms with E-state index in [0.29, 0.717) is 30.7 Å². The van der Waals surface area contributed by atoms with E-state index in [1.165, 1.54) is 0 Å². The van der Waals surface area contributed by atoms with Gasteiger partial charge in [0.05, 0.1) is 5.56 Å². The second-order valence-electron chi connectivity index (χ2n) is 4.71. The molecule has 0 aliphatic carbocycles. The summed E-state index contributed by atoms with van der Waals surface area (Å²) in [4.78, 5) is 33.1. The van der Waals surface area contributed by atoms with Crippen molar-refractivity contribution in [1.29, 1.82) is 0 Å². The van der Waals surface area contributed by atoms with E-state index in [1.54, 1.807) is 24.3 Å². The van der Waals surface area contributed by atoms with Crippen LogP contribution in [0.1, 0.15) is 36.0 Å². The van der Waals surface area contributed by atoms with Crippen molar-refractivity contribution >= 4 is 17.8 Å². The lowest BCUT2D eigenvalue weighted by atomic mass is 10.1. The number of nitrogens with one attached hydrogen (secondary N) is 1. The highest BCUT2D eigenvalue weighted by Gasteiger charge is 2.12. The number of unbranched alkanes of at least 4 members (excludes halogenated alkanes) is 2. The van der Waals surface area contributed by atoms with Crippen LogP contribution in [0.3, 0.4) is 0 Å². The molecule has 4 N–H and O–H groups in total. The molecule has 120 valence electrons. The van der Waals surface area contributed by atoms with Crippen LogP contribution in [0.15, 0.2) is 24.3 Å². The maximum atomic E-state index is 12.0. The molecule has 0 spiro atoms. The smallest absolute Gasteiger partial charge is 0.303 e. The largest absolute Gasteiger partial charge is 0.483 e. The summed E-state index contributed by atoms with van der Waals surface area (Å²) in [5.41, 5.74) is 5.34. The summed E-state index contributed by atoms with van der Waals surface area (Å²) in [6.45, 7) is 0.155. The van der Waals surface area contributed by atoms with Crippen LogP contribution >= 0.6 is 0 Å². The topological polar surface area (TPSA) is 119 Å². The van der Waals surface area contributed by atoms with Crippen LogP contribution in [0.5, 0.6) is 5.75 Å². The molecule has 1 rings (SSSR count). The van der Waals surface area contributed by atoms with Crippen molar-refractivity contribution in [3.63, 3.8) is 0 Å². The van der Waals surface area contributed by atoms with Crippen molar-refractivity contribution in [2.75, 3.05) is 13.2 Å². The summed E-state index contributed by atoms with van der Waals surface area (Å²) in [5, 5.41) is 11.2. The van der Waals surface area contributed by atoms with E-state index in [1.807, 2.05) is 0 Å². The number of para-hydroxylation sites is 1. The van der Waals surface area contributed by atoms with Crippen LogP contribution in [0, 0.1) is 0 Å². The van der Waals surface area contributed by atoms with Gasteiger partial charge in [-0.05, 0) is 25.0 Å². The Hall–Kier alpha value is -2.57. The number of benzene rings is 1. The molecular formula is C15H20N2O5. The van der Waals surface area contributed by atoms with Gasteiger partial charge in [-0.25, -0.2) is 0 Å². The quantitative estimate of drug-likeness (QED) is 0.555. The lowest BCUT2D eigenvalue weighted by molar-refractivity contribution is -0.137. The average molecular weight is 308 g/mol. The van der Waals surface area contributed by atoms with Crippen LogP contribution < -0.4 is 15.8 Å². The summed E-state index contributed by atoms with van der Waals surface area (Å²) in [6, 6.07) is 6.57. The Morgan fingerprint density at radius 3 is 2.55 bits per heavy atom. The van der Waals surface area contributed by atoms with Crippen molar-refractivity contribution < 1.29 is 24.2 Å². The molecule has 0 atom stereocenters. The third-order valence-corrected chi connectivity index (χ3v) is 2.85. The fourth-order valence-electron chi connectivity index (χ4n) is 1.80. The summed E-state index contributed by atoms with van der Waals surface area (Å²) < 4.78 is 5.19. The van der Waals surface area contributed by atoms with Crippen LogP contribution in [-0.2, 0) is 9.59 Å². The number of carbonyl (C=O) groups is 3. The number of hydrogen-bond acceptors (Lipinski definition) is 4. The van der Waals surface area contributed by atoms with Crippen molar-refractivity contribution in [3.05, 3.63) is 29.8 Å². The number of aliphatic carboxylic acids is 1. The summed E-state index contributed by atoms with van der Waals surface area (Å²) >= 11 is 0. The van der Waals surface area contributed by atoms with E-state index in [-0.39, 0.29) is 18.9 Å². The van der Waals surface area contributed by atoms with Crippen LogP contribution in [0.4, 0.5) is 0 Å². The second kappa shape index (κ2) is 9.38. The number of amides is 2. The molecule has 7 heteroatoms. The zero-order chi connectivity index (χ0) is 16.4. The van der Waals surface area contributed by atoms with Gasteiger partial charge in [0.1, 0.15) is 5.75 Å². The first-order valence-corrected chi connectivity index (χ1v) is 7.01. The van der Waals surface area contributed by atoms with E-state index >= 15 is 0 Å². The number of carbonyl (C=O) groups excluding carboxylic acids is 2. The third kappa shape index (κ3) is 6.74. The standard InChI is InChI=1S/C15H20N2O5/c16-13(18)10-22-12-7-4-3-6-11(12)15(21)17-9-5-1-2-8-14(19)20/h3-4,6-7H,1-2,5,8-10H2,(H2,16,18)(H,17,21)(H,19,20). The molecule has 2 amide bonds. The highest BCUT2D eigenvalue weighted by atomic mass is 16.5. The Bertz CT molecular complexity index is 530. The molecule has 0 saturated heterocycles. The van der Waals surface area contributed by atoms with Crippen LogP contribution in [0.2, 0.25) is 0 Å². The predicted molar refractivity (Wildman–Crippen MR) is 79.6 cm³/mol. The van der Waals surface area contributed by atoms with Gasteiger partial charge in [0.2, 0.25) is 0 Å². The average Bonchev–Trinajstić information content (AvgIpc) is 2.48. The number of hydrogen-bond donors (Lipinski definition) is 3. The lowest BCUT2D eigenvalue weighted by Gasteiger charge is -2.10. The van der Waals surface area contributed by atoms with Crippen molar-refractivity contribution in [1.82, 2.24) is 5.32 Å². The Kier molecular flexibility index (Phi) is 7.45. The Morgan fingerprint density at radius 1 is 1.14 bits per heavy atom. The second-order valence-corrected chi connectivity index (χ2v) is 4.71. The number of primary amides is 1. The molecular weight excluding hydrogens is 288 g/mol. The number of ether oxygens (including phenoxy) is 1. The molecule has 0 aliphatic rings. The van der Waals surface area contributed by atoms with Crippen molar-refractivity contribution in [2.45, 2.75) is 25.7 Å². The van der Waals surface area contributed by atoms with E-state index < -0.39 is 11.9 Å². The van der Waals surface area contributed by atoms with E-state index in [4.69, 9.17) is 15.6 Å². The normalized spacial score (nSPS) is 10.0. The van der Waals surface area contributed by atoms with Gasteiger partial charge in [0.15, 0.2) is 6.61 Å². The minimum Gasteiger partial charge on any atom is -0.483 e. The highest BCUT2D eigenvalue weighted by Crippen LogP contribution is 2.17. The fraction of sp³-hybridized carbons (Fsp3) is 0.400. The van der Waals surface area contributed by atoms with E-state index in [0.717, 1.165) is 6.42 Å². The van der Waals surface area contributed by atoms with Gasteiger partial charge in [-0.1, -0.05) is 18.6 Å². The first-order valence-electron chi connectivity index (χ1n) is 7.01. The predicted octanol–water partition coefficient (Wildman–Crippen LogP) is 0.925. The third-order valence-electron chi connectivity index (χ3n) is 2.85. The lowest BCUT2D eigenvalue weighted by Crippen LogP contribution is -2.26. The molecule has 1 aromatic carbocycles. The zero-order valence-electron chi connectivity index (χ0n) is 12.2. The van der Waals surface area contributed by atoms with Gasteiger partial charge >= 0.3 is 5.97 Å². The van der Waals surface area contributed by atoms with Crippen LogP contribution in [0.25, 0.3) is 0 Å². The number of carboxylic acids is 1. The molecule has 0 fully saturated rings. The number of rotatable bonds is 10. The molecule has 0 radical (unpaired) electrons. The van der Waals surface area contributed by atoms with Gasteiger partial charge in [0, 0.05) is 13.0 Å². The first kappa shape index (κ1) is 17.5. The Balaban J connectivity index is 2.41. The minimum atomic E-state index is -0.815. The Morgan fingerprint density at radius 2 is 1.86 bits per heavy atom. The van der Waals surface area contributed by atoms with E-state index in [2.05, 4.69) is 5.32 Å². The van der Waals surface area contributed by atoms with Gasteiger partial charge < -0.3 is 20.9 Å². The molecule has 0 heterocycles. The summed E-state index contributed by atoms with van der Waals surface area (Å²) in [6.07, 6.45) is 2.15. The highest BCUT2D eigenvalue weighted by molar-refractivity contribution is 5.97. The van der Waals surface area contributed by atoms with Gasteiger partial charge in [-0.3, -0.25) is 14.4 Å².